The van der Waals surface area contributed by atoms with Crippen molar-refractivity contribution in [1.29, 1.82) is 0 Å². The lowest BCUT2D eigenvalue weighted by Gasteiger charge is -2.13. The van der Waals surface area contributed by atoms with Crippen LogP contribution in [-0.2, 0) is 14.8 Å². The molecule has 1 aromatic rings. The van der Waals surface area contributed by atoms with E-state index >= 15 is 0 Å². The van der Waals surface area contributed by atoms with Crippen molar-refractivity contribution in [1.82, 2.24) is 5.32 Å². The summed E-state index contributed by atoms with van der Waals surface area (Å²) >= 11 is 3.18. The van der Waals surface area contributed by atoms with Crippen LogP contribution in [0.4, 0.5) is 0 Å². The van der Waals surface area contributed by atoms with Gasteiger partial charge in [-0.3, -0.25) is 4.79 Å². The quantitative estimate of drug-likeness (QED) is 0.837. The maximum atomic E-state index is 11.4. The Morgan fingerprint density at radius 1 is 1.50 bits per heavy atom. The Morgan fingerprint density at radius 2 is 2.11 bits per heavy atom. The van der Waals surface area contributed by atoms with Crippen molar-refractivity contribution in [2.24, 2.45) is 5.14 Å². The molecule has 8 heteroatoms. The molecule has 0 saturated carbocycles. The van der Waals surface area contributed by atoms with Gasteiger partial charge in [-0.05, 0) is 24.6 Å². The Morgan fingerprint density at radius 3 is 2.61 bits per heavy atom. The van der Waals surface area contributed by atoms with Gasteiger partial charge in [0.25, 0.3) is 5.91 Å². The van der Waals surface area contributed by atoms with Gasteiger partial charge in [0, 0.05) is 11.5 Å². The van der Waals surface area contributed by atoms with Gasteiger partial charge in [0.15, 0.2) is 6.61 Å². The van der Waals surface area contributed by atoms with E-state index in [2.05, 4.69) is 21.2 Å². The molecule has 18 heavy (non-hydrogen) atoms. The van der Waals surface area contributed by atoms with Crippen LogP contribution in [0.15, 0.2) is 21.5 Å². The number of hydrogen-bond donors (Lipinski definition) is 2. The molecule has 1 rings (SSSR count). The van der Waals surface area contributed by atoms with Gasteiger partial charge in [0.05, 0.1) is 0 Å². The Balaban J connectivity index is 3.21. The monoisotopic (exact) mass is 336 g/mol. The highest BCUT2D eigenvalue weighted by Crippen LogP contribution is 2.30. The van der Waals surface area contributed by atoms with Crippen molar-refractivity contribution in [3.63, 3.8) is 0 Å². The number of amides is 1. The molecule has 0 heterocycles. The molecule has 1 amide bonds. The van der Waals surface area contributed by atoms with Gasteiger partial charge in [0.1, 0.15) is 10.6 Å². The van der Waals surface area contributed by atoms with Crippen molar-refractivity contribution < 1.29 is 17.9 Å². The molecule has 0 bridgehead atoms. The van der Waals surface area contributed by atoms with Gasteiger partial charge >= 0.3 is 0 Å². The Labute approximate surface area is 114 Å². The number of hydrogen-bond acceptors (Lipinski definition) is 4. The van der Waals surface area contributed by atoms with Crippen molar-refractivity contribution in [2.45, 2.75) is 11.8 Å². The first-order valence-corrected chi connectivity index (χ1v) is 7.26. The molecule has 0 saturated heterocycles. The van der Waals surface area contributed by atoms with Gasteiger partial charge in [-0.15, -0.1) is 0 Å². The average molecular weight is 337 g/mol. The zero-order valence-corrected chi connectivity index (χ0v) is 12.3. The number of sulfonamides is 1. The molecule has 0 atom stereocenters. The number of likely N-dealkylation sites (N-methyl/N-ethyl adjacent to an activating group) is 1. The largest absolute Gasteiger partial charge is 0.482 e. The number of primary sulfonamides is 1. The van der Waals surface area contributed by atoms with Gasteiger partial charge in [-0.1, -0.05) is 15.9 Å². The van der Waals surface area contributed by atoms with Gasteiger partial charge in [-0.2, -0.15) is 0 Å². The standard InChI is InChI=1S/C10H13BrN2O4S/c1-6-3-7(11)4-8(18(12,15)16)10(6)17-5-9(14)13-2/h3-4H,5H2,1-2H3,(H,13,14)(H2,12,15,16). The highest BCUT2D eigenvalue weighted by Gasteiger charge is 2.19. The number of halogens is 1. The summed E-state index contributed by atoms with van der Waals surface area (Å²) in [5, 5.41) is 7.48. The maximum Gasteiger partial charge on any atom is 0.257 e. The van der Waals surface area contributed by atoms with Crippen LogP contribution in [0.3, 0.4) is 0 Å². The Hall–Kier alpha value is -1.12. The lowest BCUT2D eigenvalue weighted by molar-refractivity contribution is -0.122. The van der Waals surface area contributed by atoms with Crippen molar-refractivity contribution in [3.8, 4) is 5.75 Å². The fraction of sp³-hybridized carbons (Fsp3) is 0.300. The number of nitrogens with two attached hydrogens (primary N) is 1. The van der Waals surface area contributed by atoms with Crippen LogP contribution in [-0.4, -0.2) is 28.0 Å². The number of aryl methyl sites for hydroxylation is 1. The van der Waals surface area contributed by atoms with Crippen LogP contribution in [0.1, 0.15) is 5.56 Å². The van der Waals surface area contributed by atoms with Crippen LogP contribution in [0.25, 0.3) is 0 Å². The second-order valence-electron chi connectivity index (χ2n) is 3.56. The zero-order valence-electron chi connectivity index (χ0n) is 9.86. The molecule has 1 aromatic carbocycles. The summed E-state index contributed by atoms with van der Waals surface area (Å²) in [5.41, 5.74) is 0.567. The van der Waals surface area contributed by atoms with E-state index < -0.39 is 10.0 Å². The van der Waals surface area contributed by atoms with Crippen molar-refractivity contribution in [2.75, 3.05) is 13.7 Å². The van der Waals surface area contributed by atoms with Gasteiger partial charge < -0.3 is 10.1 Å². The molecular weight excluding hydrogens is 324 g/mol. The van der Waals surface area contributed by atoms with E-state index in [1.54, 1.807) is 13.0 Å². The maximum absolute atomic E-state index is 11.4. The van der Waals surface area contributed by atoms with E-state index in [0.29, 0.717) is 10.0 Å². The number of ether oxygens (including phenoxy) is 1. The third-order valence-electron chi connectivity index (χ3n) is 2.14. The van der Waals surface area contributed by atoms with Crippen LogP contribution in [0, 0.1) is 6.92 Å². The second-order valence-corrected chi connectivity index (χ2v) is 6.00. The lowest BCUT2D eigenvalue weighted by Crippen LogP contribution is -2.26. The summed E-state index contributed by atoms with van der Waals surface area (Å²) in [7, 11) is -2.46. The summed E-state index contributed by atoms with van der Waals surface area (Å²) < 4.78 is 28.7. The fourth-order valence-electron chi connectivity index (χ4n) is 1.31. The first-order valence-electron chi connectivity index (χ1n) is 4.92. The Kier molecular flexibility index (Phi) is 4.71. The number of nitrogens with one attached hydrogen (secondary N) is 1. The normalized spacial score (nSPS) is 11.1. The Bertz CT molecular complexity index is 571. The first-order chi connectivity index (χ1) is 8.25. The summed E-state index contributed by atoms with van der Waals surface area (Å²) in [5.74, 6) is -0.276. The summed E-state index contributed by atoms with van der Waals surface area (Å²) in [6, 6.07) is 3.01. The molecule has 3 N–H and O–H groups in total. The van der Waals surface area contributed by atoms with Gasteiger partial charge in [0.2, 0.25) is 10.0 Å². The minimum absolute atomic E-state index is 0.0873. The van der Waals surface area contributed by atoms with Crippen LogP contribution < -0.4 is 15.2 Å². The van der Waals surface area contributed by atoms with Crippen molar-refractivity contribution in [3.05, 3.63) is 22.2 Å². The van der Waals surface area contributed by atoms with Crippen LogP contribution in [0.2, 0.25) is 0 Å². The van der Waals surface area contributed by atoms with E-state index in [4.69, 9.17) is 9.88 Å². The number of carbonyl (C=O) groups is 1. The highest BCUT2D eigenvalue weighted by molar-refractivity contribution is 9.10. The molecule has 0 aliphatic heterocycles. The summed E-state index contributed by atoms with van der Waals surface area (Å²) in [4.78, 5) is 10.9. The minimum atomic E-state index is -3.92. The third kappa shape index (κ3) is 3.69. The van der Waals surface area contributed by atoms with Crippen LogP contribution >= 0.6 is 15.9 Å². The summed E-state index contributed by atoms with van der Waals surface area (Å²) in [6.45, 7) is 1.39. The molecule has 0 unspecified atom stereocenters. The molecule has 0 radical (unpaired) electrons. The van der Waals surface area contributed by atoms with Gasteiger partial charge in [-0.25, -0.2) is 13.6 Å². The molecule has 0 fully saturated rings. The van der Waals surface area contributed by atoms with Crippen molar-refractivity contribution >= 4 is 31.9 Å². The fourth-order valence-corrected chi connectivity index (χ4v) is 2.80. The molecule has 0 aliphatic rings. The zero-order chi connectivity index (χ0) is 13.9. The van der Waals surface area contributed by atoms with Crippen LogP contribution in [0.5, 0.6) is 5.75 Å². The number of carbonyl (C=O) groups excluding carboxylic acids is 1. The molecule has 0 spiro atoms. The van der Waals surface area contributed by atoms with E-state index in [-0.39, 0.29) is 23.2 Å². The first kappa shape index (κ1) is 14.9. The third-order valence-corrected chi connectivity index (χ3v) is 3.51. The smallest absolute Gasteiger partial charge is 0.257 e. The SMILES string of the molecule is CNC(=O)COc1c(C)cc(Br)cc1S(N)(=O)=O. The topological polar surface area (TPSA) is 98.5 Å². The minimum Gasteiger partial charge on any atom is -0.482 e. The number of benzene rings is 1. The molecular formula is C10H13BrN2O4S. The summed E-state index contributed by atoms with van der Waals surface area (Å²) in [6.07, 6.45) is 0. The van der Waals surface area contributed by atoms with E-state index in [1.165, 1.54) is 13.1 Å². The molecule has 100 valence electrons. The molecule has 6 nitrogen and oxygen atoms in total. The molecule has 0 aromatic heterocycles. The second kappa shape index (κ2) is 5.68. The molecule has 0 aliphatic carbocycles. The lowest BCUT2D eigenvalue weighted by atomic mass is 10.2. The average Bonchev–Trinajstić information content (AvgIpc) is 2.25. The predicted molar refractivity (Wildman–Crippen MR) is 69.8 cm³/mol. The van der Waals surface area contributed by atoms with E-state index in [0.717, 1.165) is 0 Å². The van der Waals surface area contributed by atoms with E-state index in [1.807, 2.05) is 0 Å². The van der Waals surface area contributed by atoms with E-state index in [9.17, 15) is 13.2 Å². The predicted octanol–water partition coefficient (Wildman–Crippen LogP) is 0.530. The highest BCUT2D eigenvalue weighted by atomic mass is 79.9. The number of rotatable bonds is 4.